The van der Waals surface area contributed by atoms with Crippen LogP contribution in [0, 0.1) is 11.8 Å². The Morgan fingerprint density at radius 3 is 0.660 bits per heavy atom. The van der Waals surface area contributed by atoms with Gasteiger partial charge in [0, 0.05) is 25.7 Å². The van der Waals surface area contributed by atoms with Gasteiger partial charge in [0.2, 0.25) is 0 Å². The topological polar surface area (TPSA) is 237 Å². The minimum absolute atomic E-state index is 0.107. The van der Waals surface area contributed by atoms with Crippen molar-refractivity contribution in [3.05, 3.63) is 0 Å². The molecule has 0 aliphatic heterocycles. The fourth-order valence-electron chi connectivity index (χ4n) is 13.1. The molecule has 5 atom stereocenters. The van der Waals surface area contributed by atoms with Crippen molar-refractivity contribution in [3.63, 3.8) is 0 Å². The third-order valence-corrected chi connectivity index (χ3v) is 21.6. The average molecular weight is 1510 g/mol. The van der Waals surface area contributed by atoms with Crippen LogP contribution in [0.2, 0.25) is 0 Å². The number of esters is 4. The fraction of sp³-hybridized carbons (Fsp3) is 0.952. The average Bonchev–Trinajstić information content (AvgIpc) is 0.909. The normalized spacial score (nSPS) is 13.9. The summed E-state index contributed by atoms with van der Waals surface area (Å²) >= 11 is 0. The van der Waals surface area contributed by atoms with Crippen LogP contribution in [0.1, 0.15) is 446 Å². The zero-order chi connectivity index (χ0) is 75.6. The summed E-state index contributed by atoms with van der Waals surface area (Å²) < 4.78 is 68.9. The number of aliphatic hydroxyl groups is 1. The highest BCUT2D eigenvalue weighted by Gasteiger charge is 2.30. The second kappa shape index (κ2) is 75.5. The first kappa shape index (κ1) is 101. The number of carbonyl (C=O) groups excluding carboxylic acids is 4. The summed E-state index contributed by atoms with van der Waals surface area (Å²) in [5.74, 6) is -0.547. The number of ether oxygens (including phenoxy) is 4. The van der Waals surface area contributed by atoms with Crippen molar-refractivity contribution < 1.29 is 80.2 Å². The highest BCUT2D eigenvalue weighted by molar-refractivity contribution is 7.47. The molecule has 0 heterocycles. The third kappa shape index (κ3) is 78.0. The summed E-state index contributed by atoms with van der Waals surface area (Å²) in [4.78, 5) is 73.2. The maximum atomic E-state index is 13.1. The molecular weight excluding hydrogens is 1340 g/mol. The fourth-order valence-corrected chi connectivity index (χ4v) is 14.6. The van der Waals surface area contributed by atoms with E-state index in [1.54, 1.807) is 0 Å². The largest absolute Gasteiger partial charge is 0.472 e. The van der Waals surface area contributed by atoms with Crippen LogP contribution in [0.4, 0.5) is 0 Å². The number of rotatable bonds is 83. The summed E-state index contributed by atoms with van der Waals surface area (Å²) in [6.07, 6.45) is 66.5. The summed E-state index contributed by atoms with van der Waals surface area (Å²) in [6.45, 7) is 9.68. The Morgan fingerprint density at radius 1 is 0.262 bits per heavy atom. The third-order valence-electron chi connectivity index (χ3n) is 19.7. The zero-order valence-electron chi connectivity index (χ0n) is 67.6. The zero-order valence-corrected chi connectivity index (χ0v) is 69.4. The molecule has 0 aromatic heterocycles. The highest BCUT2D eigenvalue weighted by atomic mass is 31.2. The lowest BCUT2D eigenvalue weighted by atomic mass is 10.0. The molecule has 17 nitrogen and oxygen atoms in total. The number of carbonyl (C=O) groups is 4. The molecule has 0 aliphatic carbocycles. The minimum atomic E-state index is -4.96. The van der Waals surface area contributed by atoms with E-state index in [0.717, 1.165) is 102 Å². The van der Waals surface area contributed by atoms with Crippen LogP contribution in [0.5, 0.6) is 0 Å². The van der Waals surface area contributed by atoms with Crippen LogP contribution < -0.4 is 0 Å². The molecule has 0 aliphatic rings. The molecule has 0 aromatic carbocycles. The Bertz CT molecular complexity index is 1980. The van der Waals surface area contributed by atoms with Gasteiger partial charge in [-0.2, -0.15) is 0 Å². The molecule has 0 saturated heterocycles. The number of hydrogen-bond acceptors (Lipinski definition) is 15. The van der Waals surface area contributed by atoms with E-state index in [1.165, 1.54) is 263 Å². The quantitative estimate of drug-likeness (QED) is 0.0222. The van der Waals surface area contributed by atoms with E-state index in [4.69, 9.17) is 37.0 Å². The molecule has 0 radical (unpaired) electrons. The first-order valence-corrected chi connectivity index (χ1v) is 46.5. The molecule has 2 unspecified atom stereocenters. The van der Waals surface area contributed by atoms with Crippen LogP contribution in [-0.2, 0) is 65.4 Å². The molecule has 19 heteroatoms. The molecule has 0 spiro atoms. The van der Waals surface area contributed by atoms with E-state index in [0.29, 0.717) is 25.7 Å². The second-order valence-corrected chi connectivity index (χ2v) is 34.1. The van der Waals surface area contributed by atoms with Gasteiger partial charge in [-0.05, 0) is 37.5 Å². The van der Waals surface area contributed by atoms with E-state index in [-0.39, 0.29) is 25.7 Å². The lowest BCUT2D eigenvalue weighted by Gasteiger charge is -2.21. The molecule has 0 fully saturated rings. The second-order valence-electron chi connectivity index (χ2n) is 31.2. The predicted octanol–water partition coefficient (Wildman–Crippen LogP) is 25.5. The number of unbranched alkanes of at least 4 members (excludes halogenated alkanes) is 53. The van der Waals surface area contributed by atoms with Crippen molar-refractivity contribution in [1.29, 1.82) is 0 Å². The highest BCUT2D eigenvalue weighted by Crippen LogP contribution is 2.45. The Hall–Kier alpha value is -1.94. The first-order chi connectivity index (χ1) is 49.9. The number of aliphatic hydroxyl groups excluding tert-OH is 1. The van der Waals surface area contributed by atoms with Crippen LogP contribution in [0.15, 0.2) is 0 Å². The molecule has 612 valence electrons. The Kier molecular flexibility index (Phi) is 74.1. The maximum Gasteiger partial charge on any atom is 0.472 e. The van der Waals surface area contributed by atoms with Crippen molar-refractivity contribution in [3.8, 4) is 0 Å². The van der Waals surface area contributed by atoms with Gasteiger partial charge >= 0.3 is 39.5 Å². The lowest BCUT2D eigenvalue weighted by Crippen LogP contribution is -2.30. The summed E-state index contributed by atoms with van der Waals surface area (Å²) in [6, 6.07) is 0. The van der Waals surface area contributed by atoms with Crippen LogP contribution in [0.25, 0.3) is 0 Å². The van der Waals surface area contributed by atoms with Crippen LogP contribution >= 0.6 is 15.6 Å². The van der Waals surface area contributed by atoms with Gasteiger partial charge < -0.3 is 33.8 Å². The number of phosphoric acid groups is 2. The minimum Gasteiger partial charge on any atom is -0.462 e. The van der Waals surface area contributed by atoms with Crippen LogP contribution in [0.3, 0.4) is 0 Å². The van der Waals surface area contributed by atoms with Crippen molar-refractivity contribution in [2.45, 2.75) is 464 Å². The van der Waals surface area contributed by atoms with Gasteiger partial charge in [0.25, 0.3) is 0 Å². The summed E-state index contributed by atoms with van der Waals surface area (Å²) in [5.41, 5.74) is 0. The maximum absolute atomic E-state index is 13.1. The van der Waals surface area contributed by atoms with Gasteiger partial charge in [0.15, 0.2) is 12.2 Å². The van der Waals surface area contributed by atoms with E-state index in [9.17, 15) is 43.2 Å². The van der Waals surface area contributed by atoms with Gasteiger partial charge in [-0.3, -0.25) is 37.3 Å². The van der Waals surface area contributed by atoms with Crippen molar-refractivity contribution in [2.24, 2.45) is 11.8 Å². The first-order valence-electron chi connectivity index (χ1n) is 43.5. The van der Waals surface area contributed by atoms with Crippen LogP contribution in [-0.4, -0.2) is 96.7 Å². The SMILES string of the molecule is CCCCCCCCCCCCCCCCCCCCCCC(=O)O[C@H](COC(=O)CCCCCCCCCCCCCCCC(C)C)COP(=O)(O)OC[C@@H](O)COP(=O)(O)OC[C@@H](COC(=O)CCCCCCCCCCCCCCC)OC(=O)CCCCCCCCCCCCCC(C)C. The Labute approximate surface area is 632 Å². The summed E-state index contributed by atoms with van der Waals surface area (Å²) in [5, 5.41) is 10.7. The van der Waals surface area contributed by atoms with E-state index in [1.807, 2.05) is 0 Å². The molecule has 0 aromatic rings. The molecule has 0 rings (SSSR count). The number of hydrogen-bond donors (Lipinski definition) is 3. The Morgan fingerprint density at radius 2 is 0.447 bits per heavy atom. The standard InChI is InChI=1S/C84H164O17P2/c1-7-9-11-13-15-17-19-21-22-23-24-25-26-27-31-38-44-50-56-62-68-83(88)100-79(72-95-82(87)67-61-55-49-43-37-32-28-30-34-40-46-52-58-64-76(3)4)74-98-102(90,91)96-70-78(85)71-97-103(92,93)99-75-80(73-94-81(86)66-60-54-48-42-36-29-20-18-16-14-12-10-8-2)101-84(89)69-63-57-51-45-39-33-35-41-47-53-59-65-77(5)6/h76-80,85H,7-75H2,1-6H3,(H,90,91)(H,92,93)/t78-,79-,80-/m1/s1. The van der Waals surface area contributed by atoms with Gasteiger partial charge in [-0.1, -0.05) is 395 Å². The lowest BCUT2D eigenvalue weighted by molar-refractivity contribution is -0.161. The molecule has 0 saturated carbocycles. The van der Waals surface area contributed by atoms with Gasteiger partial charge in [-0.25, -0.2) is 9.13 Å². The van der Waals surface area contributed by atoms with Gasteiger partial charge in [0.05, 0.1) is 26.4 Å². The van der Waals surface area contributed by atoms with Crippen molar-refractivity contribution >= 4 is 39.5 Å². The van der Waals surface area contributed by atoms with Crippen molar-refractivity contribution in [1.82, 2.24) is 0 Å². The van der Waals surface area contributed by atoms with Gasteiger partial charge in [0.1, 0.15) is 19.3 Å². The monoisotopic (exact) mass is 1510 g/mol. The molecule has 103 heavy (non-hydrogen) atoms. The van der Waals surface area contributed by atoms with E-state index in [2.05, 4.69) is 41.5 Å². The van der Waals surface area contributed by atoms with Crippen molar-refractivity contribution in [2.75, 3.05) is 39.6 Å². The van der Waals surface area contributed by atoms with Gasteiger partial charge in [-0.15, -0.1) is 0 Å². The molecule has 0 amide bonds. The smallest absolute Gasteiger partial charge is 0.462 e. The molecule has 3 N–H and O–H groups in total. The predicted molar refractivity (Wildman–Crippen MR) is 423 cm³/mol. The molecular formula is C84H164O17P2. The summed E-state index contributed by atoms with van der Waals surface area (Å²) in [7, 11) is -9.93. The van der Waals surface area contributed by atoms with E-state index < -0.39 is 97.5 Å². The number of phosphoric ester groups is 2. The Balaban J connectivity index is 5.26. The molecule has 0 bridgehead atoms. The van der Waals surface area contributed by atoms with E-state index >= 15 is 0 Å².